The average Bonchev–Trinajstić information content (AvgIpc) is 3.10. The summed E-state index contributed by atoms with van der Waals surface area (Å²) in [5.74, 6) is -2.81. The molecule has 8 nitrogen and oxygen atoms in total. The number of rotatable bonds is 6. The highest BCUT2D eigenvalue weighted by molar-refractivity contribution is 6.31. The van der Waals surface area contributed by atoms with Crippen LogP contribution in [0.5, 0.6) is 0 Å². The second kappa shape index (κ2) is 9.61. The summed E-state index contributed by atoms with van der Waals surface area (Å²) in [6.45, 7) is 3.03. The number of hydrogen-bond donors (Lipinski definition) is 2. The van der Waals surface area contributed by atoms with Gasteiger partial charge in [-0.3, -0.25) is 29.6 Å². The summed E-state index contributed by atoms with van der Waals surface area (Å²) in [6.07, 6.45) is -0.109. The molecular weight excluding hydrogens is 422 g/mol. The van der Waals surface area contributed by atoms with Crippen molar-refractivity contribution in [2.75, 3.05) is 18.5 Å². The van der Waals surface area contributed by atoms with Crippen LogP contribution in [0.2, 0.25) is 5.02 Å². The Morgan fingerprint density at radius 1 is 1.13 bits per heavy atom. The molecule has 0 aromatic heterocycles. The minimum absolute atomic E-state index is 0.0235. The molecule has 3 rings (SSSR count). The van der Waals surface area contributed by atoms with Gasteiger partial charge >= 0.3 is 5.97 Å². The molecule has 162 valence electrons. The standard InChI is InChI=1S/C22H22ClN3O5/c1-13-6-3-4-7-16(13)21(29)25-26-11-15(10-20(26)28)22(30)31-12-19(27)24-18-9-5-8-17(23)14(18)2/h3-9,15H,10-12H2,1-2H3,(H,24,27)(H,25,29)/t15-/m1/s1. The van der Waals surface area contributed by atoms with Crippen LogP contribution in [0.4, 0.5) is 5.69 Å². The minimum Gasteiger partial charge on any atom is -0.455 e. The third kappa shape index (κ3) is 5.40. The molecule has 9 heteroatoms. The number of hydrogen-bond acceptors (Lipinski definition) is 5. The predicted octanol–water partition coefficient (Wildman–Crippen LogP) is 2.63. The zero-order chi connectivity index (χ0) is 22.5. The van der Waals surface area contributed by atoms with Gasteiger partial charge in [-0.25, -0.2) is 0 Å². The molecule has 1 fully saturated rings. The molecular formula is C22H22ClN3O5. The fraction of sp³-hybridized carbons (Fsp3) is 0.273. The Hall–Kier alpha value is -3.39. The molecule has 0 saturated carbocycles. The normalized spacial score (nSPS) is 15.5. The molecule has 1 aliphatic heterocycles. The van der Waals surface area contributed by atoms with E-state index in [0.29, 0.717) is 21.8 Å². The van der Waals surface area contributed by atoms with Crippen molar-refractivity contribution >= 4 is 41.0 Å². The average molecular weight is 444 g/mol. The highest BCUT2D eigenvalue weighted by Gasteiger charge is 2.36. The highest BCUT2D eigenvalue weighted by atomic mass is 35.5. The lowest BCUT2D eigenvalue weighted by Gasteiger charge is -2.18. The van der Waals surface area contributed by atoms with Crippen molar-refractivity contribution in [3.63, 3.8) is 0 Å². The lowest BCUT2D eigenvalue weighted by molar-refractivity contribution is -0.151. The Morgan fingerprint density at radius 2 is 1.87 bits per heavy atom. The SMILES string of the molecule is Cc1ccccc1C(=O)NN1C[C@H](C(=O)OCC(=O)Nc2cccc(Cl)c2C)CC1=O. The van der Waals surface area contributed by atoms with Gasteiger partial charge in [0, 0.05) is 22.7 Å². The van der Waals surface area contributed by atoms with E-state index in [9.17, 15) is 19.2 Å². The number of esters is 1. The largest absolute Gasteiger partial charge is 0.455 e. The number of benzene rings is 2. The summed E-state index contributed by atoms with van der Waals surface area (Å²) < 4.78 is 5.06. The van der Waals surface area contributed by atoms with Crippen molar-refractivity contribution in [1.29, 1.82) is 0 Å². The van der Waals surface area contributed by atoms with Gasteiger partial charge in [-0.1, -0.05) is 35.9 Å². The molecule has 0 bridgehead atoms. The van der Waals surface area contributed by atoms with Crippen LogP contribution in [0, 0.1) is 19.8 Å². The molecule has 31 heavy (non-hydrogen) atoms. The van der Waals surface area contributed by atoms with Crippen molar-refractivity contribution in [3.05, 3.63) is 64.2 Å². The number of carbonyl (C=O) groups excluding carboxylic acids is 4. The molecule has 3 amide bonds. The zero-order valence-electron chi connectivity index (χ0n) is 17.1. The second-order valence-electron chi connectivity index (χ2n) is 7.23. The maximum absolute atomic E-state index is 12.4. The number of amides is 3. The van der Waals surface area contributed by atoms with Crippen molar-refractivity contribution in [1.82, 2.24) is 10.4 Å². The van der Waals surface area contributed by atoms with Gasteiger partial charge in [0.25, 0.3) is 11.8 Å². The summed E-state index contributed by atoms with van der Waals surface area (Å²) >= 11 is 6.02. The van der Waals surface area contributed by atoms with E-state index >= 15 is 0 Å². The van der Waals surface area contributed by atoms with E-state index in [1.165, 1.54) is 0 Å². The van der Waals surface area contributed by atoms with Gasteiger partial charge in [0.1, 0.15) is 0 Å². The summed E-state index contributed by atoms with van der Waals surface area (Å²) in [5, 5.41) is 4.24. The Labute approximate surface area is 184 Å². The van der Waals surface area contributed by atoms with Gasteiger partial charge in [-0.15, -0.1) is 0 Å². The van der Waals surface area contributed by atoms with Crippen LogP contribution in [0.15, 0.2) is 42.5 Å². The molecule has 1 atom stereocenters. The molecule has 2 N–H and O–H groups in total. The number of carbonyl (C=O) groups is 4. The number of nitrogens with one attached hydrogen (secondary N) is 2. The smallest absolute Gasteiger partial charge is 0.311 e. The zero-order valence-corrected chi connectivity index (χ0v) is 17.9. The summed E-state index contributed by atoms with van der Waals surface area (Å²) in [7, 11) is 0. The van der Waals surface area contributed by atoms with Crippen molar-refractivity contribution in [3.8, 4) is 0 Å². The predicted molar refractivity (Wildman–Crippen MR) is 114 cm³/mol. The van der Waals surface area contributed by atoms with Crippen molar-refractivity contribution in [2.24, 2.45) is 5.92 Å². The summed E-state index contributed by atoms with van der Waals surface area (Å²) in [6, 6.07) is 12.1. The van der Waals surface area contributed by atoms with Crippen molar-refractivity contribution < 1.29 is 23.9 Å². The van der Waals surface area contributed by atoms with Crippen LogP contribution >= 0.6 is 11.6 Å². The number of hydrazine groups is 1. The van der Waals surface area contributed by atoms with E-state index in [1.54, 1.807) is 50.2 Å². The quantitative estimate of drug-likeness (QED) is 0.668. The molecule has 0 unspecified atom stereocenters. The summed E-state index contributed by atoms with van der Waals surface area (Å²) in [5.41, 5.74) is 4.95. The molecule has 2 aromatic carbocycles. The monoisotopic (exact) mass is 443 g/mol. The van der Waals surface area contributed by atoms with E-state index in [1.807, 2.05) is 6.07 Å². The molecule has 1 saturated heterocycles. The lowest BCUT2D eigenvalue weighted by Crippen LogP contribution is -2.43. The maximum Gasteiger partial charge on any atom is 0.311 e. The van der Waals surface area contributed by atoms with Gasteiger partial charge in [-0.2, -0.15) is 0 Å². The molecule has 0 aliphatic carbocycles. The molecule has 1 aliphatic rings. The Morgan fingerprint density at radius 3 is 2.61 bits per heavy atom. The first kappa shape index (κ1) is 22.3. The van der Waals surface area contributed by atoms with Gasteiger partial charge in [0.15, 0.2) is 6.61 Å². The van der Waals surface area contributed by atoms with Crippen LogP contribution in [0.1, 0.15) is 27.9 Å². The number of nitrogens with zero attached hydrogens (tertiary/aromatic N) is 1. The molecule has 0 spiro atoms. The Balaban J connectivity index is 1.51. The van der Waals surface area contributed by atoms with Crippen molar-refractivity contribution in [2.45, 2.75) is 20.3 Å². The van der Waals surface area contributed by atoms with Gasteiger partial charge in [0.05, 0.1) is 12.5 Å². The third-order valence-electron chi connectivity index (χ3n) is 4.97. The number of anilines is 1. The first-order chi connectivity index (χ1) is 14.8. The highest BCUT2D eigenvalue weighted by Crippen LogP contribution is 2.23. The molecule has 1 heterocycles. The number of aryl methyl sites for hydroxylation is 1. The van der Waals surface area contributed by atoms with E-state index in [-0.39, 0.29) is 13.0 Å². The van der Waals surface area contributed by atoms with Gasteiger partial charge < -0.3 is 10.1 Å². The number of ether oxygens (including phenoxy) is 1. The fourth-order valence-electron chi connectivity index (χ4n) is 3.17. The van der Waals surface area contributed by atoms with E-state index in [4.69, 9.17) is 16.3 Å². The fourth-order valence-corrected chi connectivity index (χ4v) is 3.34. The first-order valence-electron chi connectivity index (χ1n) is 9.65. The Bertz CT molecular complexity index is 1040. The topological polar surface area (TPSA) is 105 Å². The minimum atomic E-state index is -0.773. The van der Waals surface area contributed by atoms with Crippen LogP contribution < -0.4 is 10.7 Å². The van der Waals surface area contributed by atoms with E-state index in [2.05, 4.69) is 10.7 Å². The molecule has 0 radical (unpaired) electrons. The van der Waals surface area contributed by atoms with Gasteiger partial charge in [-0.05, 0) is 43.2 Å². The lowest BCUT2D eigenvalue weighted by atomic mass is 10.1. The van der Waals surface area contributed by atoms with Crippen LogP contribution in [0.25, 0.3) is 0 Å². The molecule has 2 aromatic rings. The van der Waals surface area contributed by atoms with Crippen LogP contribution in [-0.4, -0.2) is 41.9 Å². The Kier molecular flexibility index (Phi) is 6.91. The maximum atomic E-state index is 12.4. The number of halogens is 1. The summed E-state index contributed by atoms with van der Waals surface area (Å²) in [4.78, 5) is 49.0. The van der Waals surface area contributed by atoms with Crippen LogP contribution in [0.3, 0.4) is 0 Å². The van der Waals surface area contributed by atoms with E-state index < -0.39 is 36.2 Å². The third-order valence-corrected chi connectivity index (χ3v) is 5.38. The first-order valence-corrected chi connectivity index (χ1v) is 10.0. The van der Waals surface area contributed by atoms with E-state index in [0.717, 1.165) is 10.6 Å². The van der Waals surface area contributed by atoms with Gasteiger partial charge in [0.2, 0.25) is 5.91 Å². The van der Waals surface area contributed by atoms with Crippen LogP contribution in [-0.2, 0) is 19.1 Å². The second-order valence-corrected chi connectivity index (χ2v) is 7.64.